The summed E-state index contributed by atoms with van der Waals surface area (Å²) >= 11 is 0. The lowest BCUT2D eigenvalue weighted by atomic mass is 10.2. The fourth-order valence-corrected chi connectivity index (χ4v) is 2.24. The molecule has 2 aliphatic heterocycles. The molecule has 0 spiro atoms. The van der Waals surface area contributed by atoms with Gasteiger partial charge in [0.05, 0.1) is 17.9 Å². The van der Waals surface area contributed by atoms with Crippen LogP contribution in [0.2, 0.25) is 0 Å². The predicted octanol–water partition coefficient (Wildman–Crippen LogP) is 0.452. The first-order valence-corrected chi connectivity index (χ1v) is 6.21. The first-order valence-electron chi connectivity index (χ1n) is 6.21. The van der Waals surface area contributed by atoms with Crippen molar-refractivity contribution in [3.63, 3.8) is 0 Å². The monoisotopic (exact) mass is 292 g/mol. The number of likely N-dealkylation sites (N-methyl/N-ethyl adjacent to an activating group) is 1. The van der Waals surface area contributed by atoms with E-state index >= 15 is 0 Å². The molecule has 8 heteroatoms. The fourth-order valence-electron chi connectivity index (χ4n) is 2.24. The Morgan fingerprint density at radius 2 is 2.14 bits per heavy atom. The molecule has 0 unspecified atom stereocenters. The molecular formula is C13H12N2O6. The molecule has 0 bridgehead atoms. The van der Waals surface area contributed by atoms with E-state index in [4.69, 9.17) is 14.6 Å². The summed E-state index contributed by atoms with van der Waals surface area (Å²) in [5.74, 6) is -0.895. The number of carboxylic acids is 1. The second-order valence-corrected chi connectivity index (χ2v) is 4.71. The molecule has 21 heavy (non-hydrogen) atoms. The van der Waals surface area contributed by atoms with Gasteiger partial charge in [-0.2, -0.15) is 0 Å². The molecule has 1 saturated heterocycles. The van der Waals surface area contributed by atoms with Crippen LogP contribution in [-0.4, -0.2) is 49.4 Å². The summed E-state index contributed by atoms with van der Waals surface area (Å²) in [5.41, 5.74) is 1.06. The molecule has 110 valence electrons. The van der Waals surface area contributed by atoms with Gasteiger partial charge < -0.3 is 19.5 Å². The molecule has 8 nitrogen and oxygen atoms in total. The van der Waals surface area contributed by atoms with Crippen molar-refractivity contribution < 1.29 is 29.0 Å². The highest BCUT2D eigenvalue weighted by atomic mass is 16.6. The number of rotatable bonds is 2. The molecule has 3 rings (SSSR count). The van der Waals surface area contributed by atoms with Crippen molar-refractivity contribution >= 4 is 29.3 Å². The molecule has 1 aromatic carbocycles. The van der Waals surface area contributed by atoms with Crippen molar-refractivity contribution in [1.29, 1.82) is 0 Å². The zero-order valence-electron chi connectivity index (χ0n) is 11.1. The maximum atomic E-state index is 11.7. The predicted molar refractivity (Wildman–Crippen MR) is 70.6 cm³/mol. The van der Waals surface area contributed by atoms with Crippen molar-refractivity contribution in [3.8, 4) is 5.75 Å². The Morgan fingerprint density at radius 1 is 1.38 bits per heavy atom. The minimum Gasteiger partial charge on any atom is -0.481 e. The number of nitrogens with zero attached hydrogens (tertiary/aromatic N) is 2. The van der Waals surface area contributed by atoms with Crippen LogP contribution in [0.4, 0.5) is 16.2 Å². The third-order valence-electron chi connectivity index (χ3n) is 3.43. The normalized spacial score (nSPS) is 20.9. The van der Waals surface area contributed by atoms with Crippen LogP contribution in [0.15, 0.2) is 18.2 Å². The average Bonchev–Trinajstić information content (AvgIpc) is 2.85. The van der Waals surface area contributed by atoms with E-state index in [9.17, 15) is 14.4 Å². The van der Waals surface area contributed by atoms with E-state index in [1.54, 1.807) is 25.2 Å². The molecule has 0 aromatic heterocycles. The lowest BCUT2D eigenvalue weighted by Crippen LogP contribution is -2.35. The Hall–Kier alpha value is -2.77. The van der Waals surface area contributed by atoms with Crippen LogP contribution in [0.1, 0.15) is 0 Å². The van der Waals surface area contributed by atoms with Gasteiger partial charge in [0.15, 0.2) is 6.61 Å². The maximum absolute atomic E-state index is 11.7. The number of anilines is 2. The van der Waals surface area contributed by atoms with Crippen LogP contribution in [0, 0.1) is 0 Å². The number of ether oxygens (including phenoxy) is 2. The maximum Gasteiger partial charge on any atom is 0.415 e. The Morgan fingerprint density at radius 3 is 2.81 bits per heavy atom. The van der Waals surface area contributed by atoms with Gasteiger partial charge in [-0.25, -0.2) is 9.59 Å². The summed E-state index contributed by atoms with van der Waals surface area (Å²) in [5, 5.41) is 8.88. The Bertz CT molecular complexity index is 644. The molecule has 2 amide bonds. The number of carbonyl (C=O) groups excluding carboxylic acids is 2. The third kappa shape index (κ3) is 2.14. The summed E-state index contributed by atoms with van der Waals surface area (Å²) in [6, 6.07) is 4.84. The topological polar surface area (TPSA) is 96.4 Å². The SMILES string of the molecule is CN1C(=O)COc2cc(N3C[C@H](C(=O)O)OC3=O)ccc21. The van der Waals surface area contributed by atoms with E-state index in [1.807, 2.05) is 0 Å². The van der Waals surface area contributed by atoms with Crippen LogP contribution >= 0.6 is 0 Å². The smallest absolute Gasteiger partial charge is 0.415 e. The van der Waals surface area contributed by atoms with E-state index in [1.165, 1.54) is 9.80 Å². The minimum atomic E-state index is -1.19. The van der Waals surface area contributed by atoms with Crippen LogP contribution in [0.3, 0.4) is 0 Å². The van der Waals surface area contributed by atoms with Crippen LogP contribution < -0.4 is 14.5 Å². The van der Waals surface area contributed by atoms with Gasteiger partial charge in [-0.15, -0.1) is 0 Å². The number of hydrogen-bond acceptors (Lipinski definition) is 5. The number of carbonyl (C=O) groups is 3. The molecule has 0 saturated carbocycles. The van der Waals surface area contributed by atoms with E-state index < -0.39 is 18.2 Å². The number of amides is 2. The van der Waals surface area contributed by atoms with Crippen LogP contribution in [-0.2, 0) is 14.3 Å². The van der Waals surface area contributed by atoms with Gasteiger partial charge in [0.25, 0.3) is 5.91 Å². The lowest BCUT2D eigenvalue weighted by molar-refractivity contribution is -0.144. The second kappa shape index (κ2) is 4.65. The largest absolute Gasteiger partial charge is 0.481 e. The lowest BCUT2D eigenvalue weighted by Gasteiger charge is -2.27. The van der Waals surface area contributed by atoms with E-state index in [0.717, 1.165) is 0 Å². The van der Waals surface area contributed by atoms with E-state index in [0.29, 0.717) is 17.1 Å². The Labute approximate surface area is 119 Å². The Kier molecular flexibility index (Phi) is 2.93. The van der Waals surface area contributed by atoms with Crippen molar-refractivity contribution in [1.82, 2.24) is 0 Å². The standard InChI is InChI=1S/C13H12N2O6/c1-14-8-3-2-7(4-9(8)20-6-11(14)16)15-5-10(12(17)18)21-13(15)19/h2-4,10H,5-6H2,1H3,(H,17,18)/t10-/m1/s1. The van der Waals surface area contributed by atoms with E-state index in [2.05, 4.69) is 0 Å². The zero-order chi connectivity index (χ0) is 15.1. The van der Waals surface area contributed by atoms with Gasteiger partial charge in [0.2, 0.25) is 6.10 Å². The summed E-state index contributed by atoms with van der Waals surface area (Å²) < 4.78 is 10.1. The van der Waals surface area contributed by atoms with Crippen molar-refractivity contribution in [2.75, 3.05) is 30.0 Å². The minimum absolute atomic E-state index is 0.0677. The molecular weight excluding hydrogens is 280 g/mol. The third-order valence-corrected chi connectivity index (χ3v) is 3.43. The van der Waals surface area contributed by atoms with E-state index in [-0.39, 0.29) is 19.1 Å². The molecule has 0 radical (unpaired) electrons. The number of fused-ring (bicyclic) bond motifs is 1. The van der Waals surface area contributed by atoms with Crippen molar-refractivity contribution in [2.45, 2.75) is 6.10 Å². The molecule has 1 N–H and O–H groups in total. The number of aliphatic carboxylic acids is 1. The van der Waals surface area contributed by atoms with Gasteiger partial charge in [0, 0.05) is 13.1 Å². The van der Waals surface area contributed by atoms with Gasteiger partial charge in [-0.05, 0) is 12.1 Å². The van der Waals surface area contributed by atoms with Gasteiger partial charge in [-0.3, -0.25) is 9.69 Å². The van der Waals surface area contributed by atoms with Gasteiger partial charge >= 0.3 is 12.1 Å². The van der Waals surface area contributed by atoms with Gasteiger partial charge in [0.1, 0.15) is 5.75 Å². The first kappa shape index (κ1) is 13.2. The van der Waals surface area contributed by atoms with Crippen LogP contribution in [0.5, 0.6) is 5.75 Å². The summed E-state index contributed by atoms with van der Waals surface area (Å²) in [7, 11) is 1.63. The fraction of sp³-hybridized carbons (Fsp3) is 0.308. The number of benzene rings is 1. The molecule has 2 heterocycles. The molecule has 0 aliphatic carbocycles. The summed E-state index contributed by atoms with van der Waals surface area (Å²) in [6.45, 7) is -0.142. The highest BCUT2D eigenvalue weighted by molar-refractivity contribution is 5.99. The Balaban J connectivity index is 1.90. The quantitative estimate of drug-likeness (QED) is 0.850. The highest BCUT2D eigenvalue weighted by Gasteiger charge is 2.37. The van der Waals surface area contributed by atoms with Gasteiger partial charge in [-0.1, -0.05) is 0 Å². The molecule has 1 aromatic rings. The van der Waals surface area contributed by atoms with Crippen molar-refractivity contribution in [2.24, 2.45) is 0 Å². The van der Waals surface area contributed by atoms with Crippen LogP contribution in [0.25, 0.3) is 0 Å². The average molecular weight is 292 g/mol. The molecule has 1 fully saturated rings. The number of hydrogen-bond donors (Lipinski definition) is 1. The molecule has 2 aliphatic rings. The second-order valence-electron chi connectivity index (χ2n) is 4.71. The zero-order valence-corrected chi connectivity index (χ0v) is 11.1. The summed E-state index contributed by atoms with van der Waals surface area (Å²) in [6.07, 6.45) is -1.90. The first-order chi connectivity index (χ1) is 9.97. The molecule has 1 atom stereocenters. The number of carboxylic acid groups (broad SMARTS) is 1. The number of cyclic esters (lactones) is 1. The van der Waals surface area contributed by atoms with Crippen molar-refractivity contribution in [3.05, 3.63) is 18.2 Å². The summed E-state index contributed by atoms with van der Waals surface area (Å²) in [4.78, 5) is 36.8. The highest BCUT2D eigenvalue weighted by Crippen LogP contribution is 2.35.